The van der Waals surface area contributed by atoms with E-state index in [1.54, 1.807) is 6.26 Å². The van der Waals surface area contributed by atoms with E-state index in [1.807, 2.05) is 19.2 Å². The molecule has 0 aliphatic heterocycles. The summed E-state index contributed by atoms with van der Waals surface area (Å²) in [6.45, 7) is 7.31. The van der Waals surface area contributed by atoms with Crippen LogP contribution < -0.4 is 0 Å². The van der Waals surface area contributed by atoms with Gasteiger partial charge >= 0.3 is 0 Å². The molecule has 1 unspecified atom stereocenters. The van der Waals surface area contributed by atoms with E-state index in [0.29, 0.717) is 28.8 Å². The maximum atomic E-state index is 11.3. The Kier molecular flexibility index (Phi) is 4.09. The summed E-state index contributed by atoms with van der Waals surface area (Å²) in [5.74, 6) is 4.00. The first kappa shape index (κ1) is 19.6. The standard InChI is InChI=1S/C27H38O3/c1-5-19-18(24(28)22-7-6-12-30-22)13-21-17-14-23(29-4)27-15-16(27)8-11-26(27,3)20(17)9-10-25(19,21)2/h5-7,12,16-18,20-21,23-24,28H,8-11,13-15H2,1-4H3/b19-5-/t16-,17-,18-,20+,21+,23-,24?,25-,26-,27+/m1/s1. The van der Waals surface area contributed by atoms with Crippen LogP contribution in [0.4, 0.5) is 0 Å². The van der Waals surface area contributed by atoms with Gasteiger partial charge < -0.3 is 14.3 Å². The van der Waals surface area contributed by atoms with E-state index in [1.165, 1.54) is 44.1 Å². The summed E-state index contributed by atoms with van der Waals surface area (Å²) in [6, 6.07) is 3.83. The fourth-order valence-corrected chi connectivity index (χ4v) is 10.0. The van der Waals surface area contributed by atoms with Gasteiger partial charge in [0, 0.05) is 18.4 Å². The molecule has 1 heterocycles. The largest absolute Gasteiger partial charge is 0.467 e. The Morgan fingerprint density at radius 1 is 1.20 bits per heavy atom. The number of aliphatic hydroxyl groups excluding tert-OH is 1. The fourth-order valence-electron chi connectivity index (χ4n) is 10.0. The third-order valence-electron chi connectivity index (χ3n) is 11.3. The molecule has 5 aliphatic rings. The number of fused-ring (bicyclic) bond motifs is 4. The zero-order chi connectivity index (χ0) is 20.9. The molecule has 1 aromatic heterocycles. The van der Waals surface area contributed by atoms with Gasteiger partial charge in [0.05, 0.1) is 12.4 Å². The van der Waals surface area contributed by atoms with Crippen LogP contribution in [0.1, 0.15) is 77.6 Å². The molecule has 3 nitrogen and oxygen atoms in total. The quantitative estimate of drug-likeness (QED) is 0.608. The van der Waals surface area contributed by atoms with Crippen LogP contribution in [0.15, 0.2) is 34.5 Å². The van der Waals surface area contributed by atoms with E-state index < -0.39 is 6.10 Å². The molecule has 6 rings (SSSR count). The highest BCUT2D eigenvalue weighted by atomic mass is 16.5. The maximum absolute atomic E-state index is 11.3. The third kappa shape index (κ3) is 2.14. The van der Waals surface area contributed by atoms with Crippen LogP contribution in [0.5, 0.6) is 0 Å². The molecule has 0 bridgehead atoms. The minimum atomic E-state index is -0.532. The predicted molar refractivity (Wildman–Crippen MR) is 117 cm³/mol. The Balaban J connectivity index is 1.37. The van der Waals surface area contributed by atoms with E-state index in [0.717, 1.165) is 24.0 Å². The average Bonchev–Trinajstić information content (AvgIpc) is 3.06. The minimum absolute atomic E-state index is 0.178. The van der Waals surface area contributed by atoms with Crippen molar-refractivity contribution in [2.75, 3.05) is 7.11 Å². The second-order valence-corrected chi connectivity index (χ2v) is 11.7. The van der Waals surface area contributed by atoms with Gasteiger partial charge in [-0.05, 0) is 98.5 Å². The Morgan fingerprint density at radius 2 is 2.03 bits per heavy atom. The van der Waals surface area contributed by atoms with Gasteiger partial charge in [-0.2, -0.15) is 0 Å². The summed E-state index contributed by atoms with van der Waals surface area (Å²) in [6.07, 6.45) is 13.1. The molecule has 5 fully saturated rings. The van der Waals surface area contributed by atoms with Crippen molar-refractivity contribution in [3.05, 3.63) is 35.8 Å². The van der Waals surface area contributed by atoms with Crippen molar-refractivity contribution in [1.82, 2.24) is 0 Å². The number of allylic oxidation sites excluding steroid dienone is 1. The van der Waals surface area contributed by atoms with Crippen molar-refractivity contribution in [3.63, 3.8) is 0 Å². The SMILES string of the molecule is C/C=C1/[C@H](C(O)c2ccco2)C[C@H]2[C@@H]3C[C@@H](OC)[C@]45C[C@H]4CC[C@]5(C)[C@H]3CC[C@]12C. The van der Waals surface area contributed by atoms with Gasteiger partial charge in [-0.15, -0.1) is 0 Å². The summed E-state index contributed by atoms with van der Waals surface area (Å²) in [7, 11) is 1.96. The molecule has 5 saturated carbocycles. The van der Waals surface area contributed by atoms with Crippen LogP contribution in [0, 0.1) is 45.8 Å². The fraction of sp³-hybridized carbons (Fsp3) is 0.778. The van der Waals surface area contributed by atoms with E-state index in [4.69, 9.17) is 9.15 Å². The topological polar surface area (TPSA) is 42.6 Å². The van der Waals surface area contributed by atoms with Crippen molar-refractivity contribution < 1.29 is 14.3 Å². The predicted octanol–water partition coefficient (Wildman–Crippen LogP) is 6.15. The van der Waals surface area contributed by atoms with Crippen LogP contribution in [0.25, 0.3) is 0 Å². The Hall–Kier alpha value is -1.06. The summed E-state index contributed by atoms with van der Waals surface area (Å²) >= 11 is 0. The molecule has 5 aliphatic carbocycles. The van der Waals surface area contributed by atoms with Crippen LogP contribution in [-0.4, -0.2) is 18.3 Å². The smallest absolute Gasteiger partial charge is 0.132 e. The van der Waals surface area contributed by atoms with Gasteiger partial charge in [0.1, 0.15) is 11.9 Å². The molecule has 1 N–H and O–H groups in total. The number of ether oxygens (including phenoxy) is 1. The normalized spacial score (nSPS) is 53.7. The molecule has 30 heavy (non-hydrogen) atoms. The van der Waals surface area contributed by atoms with Crippen LogP contribution >= 0.6 is 0 Å². The van der Waals surface area contributed by atoms with Gasteiger partial charge in [0.2, 0.25) is 0 Å². The van der Waals surface area contributed by atoms with Crippen molar-refractivity contribution in [2.24, 2.45) is 45.8 Å². The zero-order valence-electron chi connectivity index (χ0n) is 19.1. The lowest BCUT2D eigenvalue weighted by atomic mass is 9.46. The Morgan fingerprint density at radius 3 is 2.70 bits per heavy atom. The second-order valence-electron chi connectivity index (χ2n) is 11.7. The highest BCUT2D eigenvalue weighted by molar-refractivity contribution is 5.32. The third-order valence-corrected chi connectivity index (χ3v) is 11.3. The van der Waals surface area contributed by atoms with Crippen molar-refractivity contribution in [3.8, 4) is 0 Å². The Bertz CT molecular complexity index is 857. The van der Waals surface area contributed by atoms with Gasteiger partial charge in [0.15, 0.2) is 0 Å². The Labute approximate surface area is 181 Å². The summed E-state index contributed by atoms with van der Waals surface area (Å²) in [5, 5.41) is 11.3. The molecule has 3 heteroatoms. The summed E-state index contributed by atoms with van der Waals surface area (Å²) < 4.78 is 11.9. The number of hydrogen-bond acceptors (Lipinski definition) is 3. The highest BCUT2D eigenvalue weighted by Crippen LogP contribution is 2.82. The summed E-state index contributed by atoms with van der Waals surface area (Å²) in [4.78, 5) is 0. The molecule has 1 aromatic rings. The van der Waals surface area contributed by atoms with Crippen LogP contribution in [0.2, 0.25) is 0 Å². The van der Waals surface area contributed by atoms with Gasteiger partial charge in [-0.1, -0.05) is 25.5 Å². The lowest BCUT2D eigenvalue weighted by molar-refractivity contribution is -0.152. The van der Waals surface area contributed by atoms with Gasteiger partial charge in [-0.3, -0.25) is 0 Å². The first-order valence-corrected chi connectivity index (χ1v) is 12.3. The van der Waals surface area contributed by atoms with E-state index in [-0.39, 0.29) is 11.3 Å². The highest BCUT2D eigenvalue weighted by Gasteiger charge is 2.77. The molecule has 0 radical (unpaired) electrons. The van der Waals surface area contributed by atoms with E-state index >= 15 is 0 Å². The van der Waals surface area contributed by atoms with E-state index in [9.17, 15) is 5.11 Å². The number of methoxy groups -OCH3 is 1. The second kappa shape index (κ2) is 6.25. The molecule has 0 amide bonds. The molecular formula is C27H38O3. The van der Waals surface area contributed by atoms with Crippen LogP contribution in [0.3, 0.4) is 0 Å². The molecule has 10 atom stereocenters. The number of furan rings is 1. The zero-order valence-corrected chi connectivity index (χ0v) is 19.1. The lowest BCUT2D eigenvalue weighted by Gasteiger charge is -2.60. The maximum Gasteiger partial charge on any atom is 0.132 e. The van der Waals surface area contributed by atoms with Gasteiger partial charge in [-0.25, -0.2) is 0 Å². The molecule has 1 spiro atoms. The monoisotopic (exact) mass is 410 g/mol. The molecule has 0 saturated heterocycles. The van der Waals surface area contributed by atoms with Gasteiger partial charge in [0.25, 0.3) is 0 Å². The van der Waals surface area contributed by atoms with Crippen LogP contribution in [-0.2, 0) is 4.74 Å². The molecular weight excluding hydrogens is 372 g/mol. The van der Waals surface area contributed by atoms with Crippen molar-refractivity contribution >= 4 is 0 Å². The number of rotatable bonds is 3. The van der Waals surface area contributed by atoms with Crippen molar-refractivity contribution in [1.29, 1.82) is 0 Å². The lowest BCUT2D eigenvalue weighted by Crippen LogP contribution is -2.56. The van der Waals surface area contributed by atoms with Crippen molar-refractivity contribution in [2.45, 2.75) is 77.9 Å². The summed E-state index contributed by atoms with van der Waals surface area (Å²) in [5.41, 5.74) is 2.61. The first-order valence-electron chi connectivity index (χ1n) is 12.3. The minimum Gasteiger partial charge on any atom is -0.467 e. The average molecular weight is 411 g/mol. The number of aliphatic hydroxyl groups is 1. The number of hydrogen-bond donors (Lipinski definition) is 1. The van der Waals surface area contributed by atoms with E-state index in [2.05, 4.69) is 26.8 Å². The molecule has 0 aromatic carbocycles. The molecule has 164 valence electrons. The first-order chi connectivity index (χ1) is 14.4.